The Hall–Kier alpha value is -2.44. The topological polar surface area (TPSA) is 26.3 Å². The summed E-state index contributed by atoms with van der Waals surface area (Å²) in [6.07, 6.45) is 1.37. The fraction of sp³-hybridized carbons (Fsp3) is 0.208. The molecule has 0 aliphatic carbocycles. The molecule has 3 aromatic rings. The molecule has 138 valence electrons. The number of carbonyl (C=O) groups excluding carboxylic acids is 1. The van der Waals surface area contributed by atoms with E-state index in [1.807, 2.05) is 25.1 Å². The first kappa shape index (κ1) is 19.3. The van der Waals surface area contributed by atoms with Gasteiger partial charge in [0.2, 0.25) is 0 Å². The summed E-state index contributed by atoms with van der Waals surface area (Å²) >= 11 is 0. The molecule has 0 aromatic heterocycles. The van der Waals surface area contributed by atoms with Crippen molar-refractivity contribution >= 4 is 15.4 Å². The number of rotatable bonds is 7. The summed E-state index contributed by atoms with van der Waals surface area (Å²) in [5.41, 5.74) is 3.11. The lowest BCUT2D eigenvalue weighted by molar-refractivity contribution is -0.138. The van der Waals surface area contributed by atoms with Crippen molar-refractivity contribution in [3.63, 3.8) is 0 Å². The molecule has 27 heavy (non-hydrogen) atoms. The Labute approximate surface area is 163 Å². The molecule has 0 radical (unpaired) electrons. The summed E-state index contributed by atoms with van der Waals surface area (Å²) < 4.78 is 5.03. The van der Waals surface area contributed by atoms with Crippen molar-refractivity contribution < 1.29 is 9.32 Å². The van der Waals surface area contributed by atoms with Crippen molar-refractivity contribution in [2.24, 2.45) is 5.92 Å². The zero-order valence-electron chi connectivity index (χ0n) is 15.5. The summed E-state index contributed by atoms with van der Waals surface area (Å²) in [4.78, 5) is 12.5. The van der Waals surface area contributed by atoms with Gasteiger partial charge in [-0.25, -0.2) is 0 Å². The Morgan fingerprint density at radius 1 is 0.815 bits per heavy atom. The minimum absolute atomic E-state index is 0.185. The van der Waals surface area contributed by atoms with Gasteiger partial charge in [-0.2, -0.15) is 0 Å². The highest BCUT2D eigenvalue weighted by atomic mass is 31.0. The zero-order chi connectivity index (χ0) is 19.1. The molecule has 0 saturated heterocycles. The highest BCUT2D eigenvalue weighted by Gasteiger charge is 2.40. The van der Waals surface area contributed by atoms with Crippen LogP contribution in [0.4, 0.5) is 0 Å². The normalized spacial score (nSPS) is 12.4. The fourth-order valence-electron chi connectivity index (χ4n) is 3.88. The zero-order valence-corrected chi connectivity index (χ0v) is 16.7. The molecule has 0 amide bonds. The van der Waals surface area contributed by atoms with E-state index in [4.69, 9.17) is 4.52 Å². The van der Waals surface area contributed by atoms with Gasteiger partial charge in [0, 0.05) is 5.41 Å². The number of carbonyl (C=O) groups is 1. The first-order valence-electron chi connectivity index (χ1n) is 9.29. The third-order valence-corrected chi connectivity index (χ3v) is 5.53. The van der Waals surface area contributed by atoms with Crippen LogP contribution in [-0.4, -0.2) is 5.97 Å². The Balaban J connectivity index is 2.27. The summed E-state index contributed by atoms with van der Waals surface area (Å²) in [5.74, 6) is -0.391. The van der Waals surface area contributed by atoms with Crippen LogP contribution in [0.1, 0.15) is 36.5 Å². The molecule has 2 unspecified atom stereocenters. The molecule has 2 nitrogen and oxygen atoms in total. The van der Waals surface area contributed by atoms with Gasteiger partial charge >= 0.3 is 5.97 Å². The summed E-state index contributed by atoms with van der Waals surface area (Å²) in [6, 6.07) is 31.4. The van der Waals surface area contributed by atoms with Crippen LogP contribution in [0.3, 0.4) is 0 Å². The van der Waals surface area contributed by atoms with Crippen LogP contribution in [0.5, 0.6) is 0 Å². The Morgan fingerprint density at radius 2 is 1.19 bits per heavy atom. The van der Waals surface area contributed by atoms with Crippen LogP contribution in [0.2, 0.25) is 0 Å². The second kappa shape index (κ2) is 8.97. The minimum Gasteiger partial charge on any atom is -0.451 e. The number of benzene rings is 3. The largest absolute Gasteiger partial charge is 0.451 e. The van der Waals surface area contributed by atoms with E-state index in [1.54, 1.807) is 0 Å². The molecule has 0 saturated carbocycles. The molecular formula is C24H25O2P. The van der Waals surface area contributed by atoms with E-state index < -0.39 is 5.41 Å². The van der Waals surface area contributed by atoms with E-state index in [-0.39, 0.29) is 11.9 Å². The lowest BCUT2D eigenvalue weighted by atomic mass is 9.64. The maximum atomic E-state index is 12.5. The monoisotopic (exact) mass is 376 g/mol. The van der Waals surface area contributed by atoms with Crippen molar-refractivity contribution in [2.45, 2.75) is 25.2 Å². The van der Waals surface area contributed by atoms with Crippen LogP contribution in [0.15, 0.2) is 91.0 Å². The maximum Gasteiger partial charge on any atom is 0.311 e. The molecule has 0 spiro atoms. The Bertz CT molecular complexity index is 751. The average Bonchev–Trinajstić information content (AvgIpc) is 2.76. The van der Waals surface area contributed by atoms with Gasteiger partial charge in [0.25, 0.3) is 0 Å². The first-order valence-corrected chi connectivity index (χ1v) is 9.76. The smallest absolute Gasteiger partial charge is 0.311 e. The van der Waals surface area contributed by atoms with Gasteiger partial charge in [0.1, 0.15) is 0 Å². The van der Waals surface area contributed by atoms with Crippen molar-refractivity contribution in [3.8, 4) is 0 Å². The second-order valence-corrected chi connectivity index (χ2v) is 6.99. The molecule has 0 fully saturated rings. The average molecular weight is 376 g/mol. The highest BCUT2D eigenvalue weighted by molar-refractivity contribution is 7.10. The van der Waals surface area contributed by atoms with Crippen molar-refractivity contribution in [2.75, 3.05) is 0 Å². The number of hydrogen-bond donors (Lipinski definition) is 0. The van der Waals surface area contributed by atoms with Crippen molar-refractivity contribution in [1.29, 1.82) is 0 Å². The summed E-state index contributed by atoms with van der Waals surface area (Å²) in [5, 5.41) is 0. The van der Waals surface area contributed by atoms with Crippen molar-refractivity contribution in [1.82, 2.24) is 0 Å². The molecule has 3 rings (SSSR count). The lowest BCUT2D eigenvalue weighted by Crippen LogP contribution is -2.34. The SMILES string of the molecule is CCC(CC(c1ccccc1)(c1ccccc1)c1ccccc1)C(=O)OP. The molecule has 0 aliphatic heterocycles. The predicted molar refractivity (Wildman–Crippen MR) is 113 cm³/mol. The number of hydrogen-bond acceptors (Lipinski definition) is 2. The quantitative estimate of drug-likeness (QED) is 0.386. The van der Waals surface area contributed by atoms with Crippen LogP contribution in [0.25, 0.3) is 0 Å². The molecule has 3 heteroatoms. The molecule has 3 aromatic carbocycles. The van der Waals surface area contributed by atoms with Crippen LogP contribution < -0.4 is 0 Å². The van der Waals surface area contributed by atoms with E-state index >= 15 is 0 Å². The van der Waals surface area contributed by atoms with Gasteiger partial charge in [0.05, 0.1) is 15.4 Å². The Morgan fingerprint density at radius 3 is 1.48 bits per heavy atom. The third-order valence-electron chi connectivity index (χ3n) is 5.29. The van der Waals surface area contributed by atoms with Gasteiger partial charge in [-0.3, -0.25) is 4.79 Å². The van der Waals surface area contributed by atoms with Crippen LogP contribution >= 0.6 is 9.47 Å². The third kappa shape index (κ3) is 3.96. The summed E-state index contributed by atoms with van der Waals surface area (Å²) in [6.45, 7) is 2.04. The molecule has 2 atom stereocenters. The maximum absolute atomic E-state index is 12.5. The van der Waals surface area contributed by atoms with Gasteiger partial charge in [-0.1, -0.05) is 97.9 Å². The Kier molecular flexibility index (Phi) is 6.42. The van der Waals surface area contributed by atoms with Gasteiger partial charge < -0.3 is 4.52 Å². The molecular weight excluding hydrogens is 351 g/mol. The van der Waals surface area contributed by atoms with E-state index in [2.05, 4.69) is 82.3 Å². The minimum atomic E-state index is -0.427. The van der Waals surface area contributed by atoms with Crippen molar-refractivity contribution in [3.05, 3.63) is 108 Å². The predicted octanol–water partition coefficient (Wildman–Crippen LogP) is 5.77. The van der Waals surface area contributed by atoms with Gasteiger partial charge in [-0.15, -0.1) is 0 Å². The molecule has 0 aliphatic rings. The summed E-state index contributed by atoms with van der Waals surface area (Å²) in [7, 11) is 2.10. The second-order valence-electron chi connectivity index (χ2n) is 6.75. The fourth-order valence-corrected chi connectivity index (χ4v) is 4.07. The van der Waals surface area contributed by atoms with Gasteiger partial charge in [-0.05, 0) is 29.5 Å². The van der Waals surface area contributed by atoms with Gasteiger partial charge in [0.15, 0.2) is 0 Å². The molecule has 0 bridgehead atoms. The van der Waals surface area contributed by atoms with E-state index in [9.17, 15) is 4.79 Å². The highest BCUT2D eigenvalue weighted by Crippen LogP contribution is 2.45. The molecule has 0 heterocycles. The lowest BCUT2D eigenvalue weighted by Gasteiger charge is -2.38. The standard InChI is InChI=1S/C24H25O2P/c1-2-19(23(25)26-27)18-24(20-12-6-3-7-13-20,21-14-8-4-9-15-21)22-16-10-5-11-17-22/h3-17,19H,2,18,27H2,1H3. The first-order chi connectivity index (χ1) is 13.2. The molecule has 0 N–H and O–H groups in total. The van der Waals surface area contributed by atoms with E-state index in [0.29, 0.717) is 6.42 Å². The van der Waals surface area contributed by atoms with E-state index in [1.165, 1.54) is 16.7 Å². The van der Waals surface area contributed by atoms with E-state index in [0.717, 1.165) is 6.42 Å². The van der Waals surface area contributed by atoms with Crippen LogP contribution in [-0.2, 0) is 14.7 Å². The van der Waals surface area contributed by atoms with Crippen LogP contribution in [0, 0.1) is 5.92 Å².